The topological polar surface area (TPSA) is 103 Å². The summed E-state index contributed by atoms with van der Waals surface area (Å²) in [6, 6.07) is 0. The van der Waals surface area contributed by atoms with Gasteiger partial charge in [0.25, 0.3) is 10.0 Å². The van der Waals surface area contributed by atoms with Crippen molar-refractivity contribution in [1.29, 1.82) is 0 Å². The van der Waals surface area contributed by atoms with Gasteiger partial charge in [0.15, 0.2) is 5.03 Å². The maximum atomic E-state index is 12.4. The van der Waals surface area contributed by atoms with Gasteiger partial charge >= 0.3 is 5.97 Å². The molecule has 2 heterocycles. The Labute approximate surface area is 118 Å². The third-order valence-corrected chi connectivity index (χ3v) is 5.71. The van der Waals surface area contributed by atoms with Crippen LogP contribution in [0.1, 0.15) is 32.5 Å². The Balaban J connectivity index is 2.15. The van der Waals surface area contributed by atoms with Crippen LogP contribution in [0, 0.1) is 5.41 Å². The number of carbonyl (C=O) groups is 1. The van der Waals surface area contributed by atoms with Crippen molar-refractivity contribution in [1.82, 2.24) is 14.3 Å². The zero-order valence-corrected chi connectivity index (χ0v) is 12.4. The molecular formula is C12H19N3O4S. The van der Waals surface area contributed by atoms with Crippen molar-refractivity contribution in [2.75, 3.05) is 13.1 Å². The average molecular weight is 301 g/mol. The lowest BCUT2D eigenvalue weighted by Gasteiger charge is -2.35. The fourth-order valence-electron chi connectivity index (χ4n) is 2.23. The first-order chi connectivity index (χ1) is 9.29. The van der Waals surface area contributed by atoms with E-state index in [2.05, 4.69) is 9.97 Å². The summed E-state index contributed by atoms with van der Waals surface area (Å²) in [5.74, 6) is -0.250. The summed E-state index contributed by atoms with van der Waals surface area (Å²) >= 11 is 0. The lowest BCUT2D eigenvalue weighted by Crippen LogP contribution is -2.45. The monoisotopic (exact) mass is 301 g/mol. The molecule has 8 heteroatoms. The van der Waals surface area contributed by atoms with Gasteiger partial charge in [0, 0.05) is 19.5 Å². The van der Waals surface area contributed by atoms with Crippen LogP contribution in [0.4, 0.5) is 0 Å². The molecule has 112 valence electrons. The number of aromatic amines is 1. The molecule has 1 aliphatic heterocycles. The Morgan fingerprint density at radius 2 is 2.10 bits per heavy atom. The molecule has 2 N–H and O–H groups in total. The second-order valence-corrected chi connectivity index (χ2v) is 7.22. The van der Waals surface area contributed by atoms with Gasteiger partial charge in [-0.05, 0) is 19.8 Å². The van der Waals surface area contributed by atoms with Crippen LogP contribution in [-0.2, 0) is 21.2 Å². The number of aryl methyl sites for hydroxylation is 1. The van der Waals surface area contributed by atoms with Crippen LogP contribution in [0.5, 0.6) is 0 Å². The number of nitrogens with zero attached hydrogens (tertiary/aromatic N) is 2. The number of imidazole rings is 1. The van der Waals surface area contributed by atoms with Crippen molar-refractivity contribution < 1.29 is 18.3 Å². The number of rotatable bonds is 4. The molecule has 0 atom stereocenters. The van der Waals surface area contributed by atoms with E-state index in [1.165, 1.54) is 10.5 Å². The number of carboxylic acid groups (broad SMARTS) is 1. The quantitative estimate of drug-likeness (QED) is 0.858. The van der Waals surface area contributed by atoms with E-state index in [4.69, 9.17) is 5.11 Å². The SMILES string of the molecule is CCc1ncc(S(=O)(=O)N2CCC(C)(C(=O)O)CC2)[nH]1. The van der Waals surface area contributed by atoms with Gasteiger partial charge in [0.05, 0.1) is 11.6 Å². The Morgan fingerprint density at radius 3 is 2.55 bits per heavy atom. The van der Waals surface area contributed by atoms with Crippen molar-refractivity contribution in [3.05, 3.63) is 12.0 Å². The molecule has 0 amide bonds. The molecule has 0 saturated carbocycles. The number of carboxylic acids is 1. The summed E-state index contributed by atoms with van der Waals surface area (Å²) in [5.41, 5.74) is -0.839. The van der Waals surface area contributed by atoms with E-state index in [9.17, 15) is 13.2 Å². The molecule has 1 aromatic heterocycles. The summed E-state index contributed by atoms with van der Waals surface area (Å²) in [4.78, 5) is 17.9. The minimum absolute atomic E-state index is 0.0771. The molecule has 1 fully saturated rings. The van der Waals surface area contributed by atoms with Crippen molar-refractivity contribution in [2.45, 2.75) is 38.1 Å². The van der Waals surface area contributed by atoms with Crippen molar-refractivity contribution in [2.24, 2.45) is 5.41 Å². The molecule has 0 spiro atoms. The predicted molar refractivity (Wildman–Crippen MR) is 71.7 cm³/mol. The van der Waals surface area contributed by atoms with Crippen LogP contribution in [0.15, 0.2) is 11.2 Å². The van der Waals surface area contributed by atoms with Crippen LogP contribution in [0.3, 0.4) is 0 Å². The highest BCUT2D eigenvalue weighted by atomic mass is 32.2. The van der Waals surface area contributed by atoms with E-state index >= 15 is 0 Å². The van der Waals surface area contributed by atoms with Crippen molar-refractivity contribution in [3.63, 3.8) is 0 Å². The molecule has 0 aliphatic carbocycles. The third kappa shape index (κ3) is 2.57. The van der Waals surface area contributed by atoms with E-state index in [1.54, 1.807) is 6.92 Å². The maximum Gasteiger partial charge on any atom is 0.309 e. The molecule has 20 heavy (non-hydrogen) atoms. The minimum atomic E-state index is -3.60. The zero-order valence-electron chi connectivity index (χ0n) is 11.6. The largest absolute Gasteiger partial charge is 0.481 e. The molecule has 2 rings (SSSR count). The Hall–Kier alpha value is -1.41. The fourth-order valence-corrected chi connectivity index (χ4v) is 3.60. The van der Waals surface area contributed by atoms with E-state index in [-0.39, 0.29) is 18.1 Å². The number of H-pyrrole nitrogens is 1. The lowest BCUT2D eigenvalue weighted by atomic mass is 9.81. The first kappa shape index (κ1) is 15.0. The number of hydrogen-bond donors (Lipinski definition) is 2. The summed E-state index contributed by atoms with van der Waals surface area (Å²) < 4.78 is 26.1. The predicted octanol–water partition coefficient (Wildman–Crippen LogP) is 0.847. The highest BCUT2D eigenvalue weighted by molar-refractivity contribution is 7.89. The van der Waals surface area contributed by atoms with Crippen LogP contribution < -0.4 is 0 Å². The van der Waals surface area contributed by atoms with Crippen LogP contribution in [0.25, 0.3) is 0 Å². The van der Waals surface area contributed by atoms with Gasteiger partial charge in [-0.1, -0.05) is 6.92 Å². The van der Waals surface area contributed by atoms with E-state index in [0.29, 0.717) is 25.1 Å². The summed E-state index contributed by atoms with van der Waals surface area (Å²) in [6.07, 6.45) is 2.58. The lowest BCUT2D eigenvalue weighted by molar-refractivity contribution is -0.150. The van der Waals surface area contributed by atoms with Crippen molar-refractivity contribution >= 4 is 16.0 Å². The number of nitrogens with one attached hydrogen (secondary N) is 1. The molecule has 1 saturated heterocycles. The molecule has 1 aliphatic rings. The van der Waals surface area contributed by atoms with E-state index in [0.717, 1.165) is 0 Å². The zero-order chi connectivity index (χ0) is 15.0. The third-order valence-electron chi connectivity index (χ3n) is 3.90. The van der Waals surface area contributed by atoms with Crippen LogP contribution in [0.2, 0.25) is 0 Å². The van der Waals surface area contributed by atoms with Gasteiger partial charge in [-0.15, -0.1) is 0 Å². The fraction of sp³-hybridized carbons (Fsp3) is 0.667. The first-order valence-electron chi connectivity index (χ1n) is 6.57. The molecule has 0 unspecified atom stereocenters. The molecular weight excluding hydrogens is 282 g/mol. The average Bonchev–Trinajstić information content (AvgIpc) is 2.88. The van der Waals surface area contributed by atoms with Crippen molar-refractivity contribution in [3.8, 4) is 0 Å². The van der Waals surface area contributed by atoms with Gasteiger partial charge in [-0.2, -0.15) is 4.31 Å². The number of hydrogen-bond acceptors (Lipinski definition) is 4. The second-order valence-electron chi connectivity index (χ2n) is 5.32. The Kier molecular flexibility index (Phi) is 3.88. The van der Waals surface area contributed by atoms with Crippen LogP contribution in [-0.4, -0.2) is 46.9 Å². The number of piperidine rings is 1. The van der Waals surface area contributed by atoms with E-state index in [1.807, 2.05) is 6.92 Å². The molecule has 0 bridgehead atoms. The number of sulfonamides is 1. The minimum Gasteiger partial charge on any atom is -0.481 e. The van der Waals surface area contributed by atoms with Gasteiger partial charge in [0.1, 0.15) is 5.82 Å². The molecule has 0 aromatic carbocycles. The van der Waals surface area contributed by atoms with Gasteiger partial charge in [0.2, 0.25) is 0 Å². The smallest absolute Gasteiger partial charge is 0.309 e. The van der Waals surface area contributed by atoms with Gasteiger partial charge < -0.3 is 10.1 Å². The first-order valence-corrected chi connectivity index (χ1v) is 8.01. The molecule has 7 nitrogen and oxygen atoms in total. The maximum absolute atomic E-state index is 12.4. The number of aliphatic carboxylic acids is 1. The highest BCUT2D eigenvalue weighted by Gasteiger charge is 2.40. The number of aromatic nitrogens is 2. The van der Waals surface area contributed by atoms with E-state index < -0.39 is 21.4 Å². The molecule has 1 aromatic rings. The summed E-state index contributed by atoms with van der Waals surface area (Å²) in [7, 11) is -3.60. The second kappa shape index (κ2) is 5.17. The standard InChI is InChI=1S/C12H19N3O4S/c1-3-9-13-8-10(14-9)20(18,19)15-6-4-12(2,5-7-15)11(16)17/h8H,3-7H2,1-2H3,(H,13,14)(H,16,17). The normalized spacial score (nSPS) is 19.9. The highest BCUT2D eigenvalue weighted by Crippen LogP contribution is 2.33. The molecule has 0 radical (unpaired) electrons. The Bertz CT molecular complexity index is 600. The Morgan fingerprint density at radius 1 is 1.50 bits per heavy atom. The summed E-state index contributed by atoms with van der Waals surface area (Å²) in [5, 5.41) is 9.23. The van der Waals surface area contributed by atoms with Crippen LogP contribution >= 0.6 is 0 Å². The van der Waals surface area contributed by atoms with Gasteiger partial charge in [-0.25, -0.2) is 13.4 Å². The summed E-state index contributed by atoms with van der Waals surface area (Å²) in [6.45, 7) is 3.97. The van der Waals surface area contributed by atoms with Gasteiger partial charge in [-0.3, -0.25) is 4.79 Å².